The smallest absolute Gasteiger partial charge is 0.254 e. The van der Waals surface area contributed by atoms with Crippen LogP contribution < -0.4 is 15.0 Å². The topological polar surface area (TPSA) is 58.6 Å². The molecule has 1 unspecified atom stereocenters. The third-order valence-electron chi connectivity index (χ3n) is 5.05. The Balaban J connectivity index is 1.68. The summed E-state index contributed by atoms with van der Waals surface area (Å²) in [5, 5.41) is 3.80. The summed E-state index contributed by atoms with van der Waals surface area (Å²) in [5.41, 5.74) is 2.90. The first-order chi connectivity index (χ1) is 14.4. The van der Waals surface area contributed by atoms with Crippen LogP contribution in [-0.2, 0) is 16.0 Å². The summed E-state index contributed by atoms with van der Waals surface area (Å²) in [6, 6.07) is 10.5. The van der Waals surface area contributed by atoms with Gasteiger partial charge in [-0.15, -0.1) is 0 Å². The summed E-state index contributed by atoms with van der Waals surface area (Å²) in [7, 11) is 0. The number of hydrogen-bond donors (Lipinski definition) is 1. The highest BCUT2D eigenvalue weighted by Gasteiger charge is 2.37. The van der Waals surface area contributed by atoms with Crippen molar-refractivity contribution in [1.29, 1.82) is 0 Å². The van der Waals surface area contributed by atoms with Gasteiger partial charge >= 0.3 is 0 Å². The number of aryl methyl sites for hydroxylation is 1. The summed E-state index contributed by atoms with van der Waals surface area (Å²) < 4.78 is 5.73. The number of ether oxygens (including phenoxy) is 1. The van der Waals surface area contributed by atoms with Crippen LogP contribution in [0.25, 0.3) is 0 Å². The van der Waals surface area contributed by atoms with Crippen molar-refractivity contribution in [3.63, 3.8) is 0 Å². The lowest BCUT2D eigenvalue weighted by atomic mass is 10.0. The van der Waals surface area contributed by atoms with Gasteiger partial charge in [-0.1, -0.05) is 48.7 Å². The Morgan fingerprint density at radius 3 is 2.67 bits per heavy atom. The largest absolute Gasteiger partial charge is 0.492 e. The average Bonchev–Trinajstić information content (AvgIpc) is 2.95. The van der Waals surface area contributed by atoms with E-state index in [1.807, 2.05) is 12.1 Å². The molecule has 7 heteroatoms. The number of carbonyl (C=O) groups is 2. The van der Waals surface area contributed by atoms with Crippen LogP contribution in [0.2, 0.25) is 10.0 Å². The normalized spacial score (nSPS) is 15.3. The van der Waals surface area contributed by atoms with Crippen molar-refractivity contribution in [3.05, 3.63) is 57.6 Å². The highest BCUT2D eigenvalue weighted by Crippen LogP contribution is 2.37. The maximum Gasteiger partial charge on any atom is 0.254 e. The lowest BCUT2D eigenvalue weighted by Gasteiger charge is -2.18. The molecule has 30 heavy (non-hydrogen) atoms. The maximum absolute atomic E-state index is 13.0. The molecule has 1 N–H and O–H groups in total. The fourth-order valence-corrected chi connectivity index (χ4v) is 4.06. The number of benzene rings is 2. The first-order valence-electron chi connectivity index (χ1n) is 10.2. The molecule has 0 saturated carbocycles. The fourth-order valence-electron chi connectivity index (χ4n) is 3.60. The van der Waals surface area contributed by atoms with Crippen LogP contribution in [0.15, 0.2) is 36.4 Å². The van der Waals surface area contributed by atoms with Crippen LogP contribution in [0.4, 0.5) is 5.69 Å². The number of nitrogens with zero attached hydrogens (tertiary/aromatic N) is 1. The summed E-state index contributed by atoms with van der Waals surface area (Å²) in [4.78, 5) is 26.4. The van der Waals surface area contributed by atoms with Crippen LogP contribution in [0, 0.1) is 0 Å². The molecule has 0 saturated heterocycles. The van der Waals surface area contributed by atoms with Crippen LogP contribution in [0.5, 0.6) is 5.75 Å². The predicted molar refractivity (Wildman–Crippen MR) is 121 cm³/mol. The van der Waals surface area contributed by atoms with E-state index in [4.69, 9.17) is 27.9 Å². The van der Waals surface area contributed by atoms with E-state index in [0.717, 1.165) is 30.5 Å². The molecule has 1 atom stereocenters. The molecule has 5 nitrogen and oxygen atoms in total. The second-order valence-electron chi connectivity index (χ2n) is 7.40. The van der Waals surface area contributed by atoms with Crippen molar-refractivity contribution < 1.29 is 14.3 Å². The minimum absolute atomic E-state index is 0.114. The van der Waals surface area contributed by atoms with Crippen LogP contribution in [0.3, 0.4) is 0 Å². The molecule has 2 aromatic rings. The van der Waals surface area contributed by atoms with E-state index in [9.17, 15) is 9.59 Å². The molecule has 0 bridgehead atoms. The summed E-state index contributed by atoms with van der Waals surface area (Å²) in [6.07, 6.45) is 3.77. The van der Waals surface area contributed by atoms with Gasteiger partial charge in [-0.05, 0) is 49.1 Å². The zero-order chi connectivity index (χ0) is 21.7. The van der Waals surface area contributed by atoms with E-state index in [0.29, 0.717) is 35.4 Å². The van der Waals surface area contributed by atoms with Crippen molar-refractivity contribution in [2.24, 2.45) is 0 Å². The quantitative estimate of drug-likeness (QED) is 0.527. The monoisotopic (exact) mass is 448 g/mol. The molecule has 0 fully saturated rings. The van der Waals surface area contributed by atoms with E-state index in [1.54, 1.807) is 23.1 Å². The predicted octanol–water partition coefficient (Wildman–Crippen LogP) is 5.33. The van der Waals surface area contributed by atoms with Crippen molar-refractivity contribution >= 4 is 40.7 Å². The standard InChI is InChI=1S/C23H26Cl2N2O3/c1-3-4-6-16-7-9-20-18(13-16)22(26-15(2)28)23(29)27(20)11-5-12-30-21-10-8-17(24)14-19(21)25/h7-10,13-14,22H,3-6,11-12H2,1-2H3,(H,26,28). The minimum atomic E-state index is -0.634. The zero-order valence-electron chi connectivity index (χ0n) is 17.2. The molecule has 2 aromatic carbocycles. The molecule has 0 aromatic heterocycles. The molecule has 160 valence electrons. The van der Waals surface area contributed by atoms with E-state index in [2.05, 4.69) is 18.3 Å². The summed E-state index contributed by atoms with van der Waals surface area (Å²) in [6.45, 7) is 4.47. The zero-order valence-corrected chi connectivity index (χ0v) is 18.7. The van der Waals surface area contributed by atoms with Gasteiger partial charge in [-0.2, -0.15) is 0 Å². The average molecular weight is 449 g/mol. The Hall–Kier alpha value is -2.24. The van der Waals surface area contributed by atoms with Crippen molar-refractivity contribution in [1.82, 2.24) is 5.32 Å². The second-order valence-corrected chi connectivity index (χ2v) is 8.24. The van der Waals surface area contributed by atoms with Crippen LogP contribution >= 0.6 is 23.2 Å². The lowest BCUT2D eigenvalue weighted by Crippen LogP contribution is -2.37. The third kappa shape index (κ3) is 5.27. The Kier molecular flexibility index (Phi) is 7.62. The Labute approximate surface area is 187 Å². The number of fused-ring (bicyclic) bond motifs is 1. The van der Waals surface area contributed by atoms with Crippen LogP contribution in [0.1, 0.15) is 50.3 Å². The molecule has 3 rings (SSSR count). The van der Waals surface area contributed by atoms with E-state index >= 15 is 0 Å². The summed E-state index contributed by atoms with van der Waals surface area (Å²) >= 11 is 12.0. The molecule has 1 heterocycles. The van der Waals surface area contributed by atoms with Gasteiger partial charge in [0.2, 0.25) is 5.91 Å². The number of amides is 2. The molecular weight excluding hydrogens is 423 g/mol. The van der Waals surface area contributed by atoms with Gasteiger partial charge in [0.15, 0.2) is 0 Å². The van der Waals surface area contributed by atoms with Crippen LogP contribution in [-0.4, -0.2) is 25.0 Å². The minimum Gasteiger partial charge on any atom is -0.492 e. The lowest BCUT2D eigenvalue weighted by molar-refractivity contribution is -0.126. The van der Waals surface area contributed by atoms with Crippen molar-refractivity contribution in [2.45, 2.75) is 45.6 Å². The maximum atomic E-state index is 13.0. The van der Waals surface area contributed by atoms with Gasteiger partial charge in [0, 0.05) is 29.7 Å². The number of unbranched alkanes of at least 4 members (excludes halogenated alkanes) is 1. The number of halogens is 2. The second kappa shape index (κ2) is 10.2. The third-order valence-corrected chi connectivity index (χ3v) is 5.58. The van der Waals surface area contributed by atoms with Crippen molar-refractivity contribution in [2.75, 3.05) is 18.1 Å². The molecule has 0 aliphatic carbocycles. The van der Waals surface area contributed by atoms with Gasteiger partial charge in [-0.25, -0.2) is 0 Å². The number of nitrogens with one attached hydrogen (secondary N) is 1. The van der Waals surface area contributed by atoms with Gasteiger partial charge in [0.25, 0.3) is 5.91 Å². The highest BCUT2D eigenvalue weighted by molar-refractivity contribution is 6.35. The van der Waals surface area contributed by atoms with Gasteiger partial charge in [0.05, 0.1) is 11.6 Å². The van der Waals surface area contributed by atoms with E-state index < -0.39 is 6.04 Å². The number of carbonyl (C=O) groups excluding carboxylic acids is 2. The fraction of sp³-hybridized carbons (Fsp3) is 0.391. The van der Waals surface area contributed by atoms with Gasteiger partial charge < -0.3 is 15.0 Å². The van der Waals surface area contributed by atoms with Gasteiger partial charge in [0.1, 0.15) is 11.8 Å². The number of anilines is 1. The molecule has 1 aliphatic heterocycles. The molecule has 2 amide bonds. The molecule has 0 radical (unpaired) electrons. The Morgan fingerprint density at radius 1 is 1.17 bits per heavy atom. The van der Waals surface area contributed by atoms with E-state index in [1.165, 1.54) is 12.5 Å². The van der Waals surface area contributed by atoms with Crippen molar-refractivity contribution in [3.8, 4) is 5.75 Å². The molecular formula is C23H26Cl2N2O3. The Bertz CT molecular complexity index is 933. The summed E-state index contributed by atoms with van der Waals surface area (Å²) in [5.74, 6) is 0.226. The molecule has 0 spiro atoms. The van der Waals surface area contributed by atoms with Gasteiger partial charge in [-0.3, -0.25) is 9.59 Å². The SMILES string of the molecule is CCCCc1ccc2c(c1)C(NC(C)=O)C(=O)N2CCCOc1ccc(Cl)cc1Cl. The number of hydrogen-bond acceptors (Lipinski definition) is 3. The first-order valence-corrected chi connectivity index (χ1v) is 11.0. The molecule has 1 aliphatic rings. The highest BCUT2D eigenvalue weighted by atomic mass is 35.5. The first kappa shape index (κ1) is 22.4. The Morgan fingerprint density at radius 2 is 1.97 bits per heavy atom. The van der Waals surface area contributed by atoms with E-state index in [-0.39, 0.29) is 11.8 Å². The number of rotatable bonds is 9.